The monoisotopic (exact) mass is 345 g/mol. The van der Waals surface area contributed by atoms with Gasteiger partial charge in [0.1, 0.15) is 5.75 Å². The molecule has 23 heavy (non-hydrogen) atoms. The summed E-state index contributed by atoms with van der Waals surface area (Å²) in [4.78, 5) is 24.9. The topological polar surface area (TPSA) is 66.8 Å². The number of carbonyl (C=O) groups is 2. The van der Waals surface area contributed by atoms with Gasteiger partial charge in [-0.25, -0.2) is 0 Å². The second kappa shape index (κ2) is 8.14. The zero-order chi connectivity index (χ0) is 16.8. The molecule has 8 heteroatoms. The van der Waals surface area contributed by atoms with E-state index < -0.39 is 12.6 Å². The van der Waals surface area contributed by atoms with Crippen LogP contribution in [0, 0.1) is 0 Å². The highest BCUT2D eigenvalue weighted by molar-refractivity contribution is 7.99. The second-order valence-electron chi connectivity index (χ2n) is 5.08. The Balaban J connectivity index is 2.09. The zero-order valence-electron chi connectivity index (χ0n) is 12.3. The SMILES string of the molecule is O=C(O)CC1CSCCN1C(=O)Cc1ccccc1OC(F)F. The molecular weight excluding hydrogens is 328 g/mol. The first-order valence-electron chi connectivity index (χ1n) is 7.09. The molecule has 1 aliphatic heterocycles. The Morgan fingerprint density at radius 2 is 2.13 bits per heavy atom. The van der Waals surface area contributed by atoms with Gasteiger partial charge in [-0.1, -0.05) is 18.2 Å². The summed E-state index contributed by atoms with van der Waals surface area (Å²) in [5.41, 5.74) is 0.366. The summed E-state index contributed by atoms with van der Waals surface area (Å²) in [6.07, 6.45) is -0.211. The van der Waals surface area contributed by atoms with E-state index in [0.717, 1.165) is 5.75 Å². The standard InChI is InChI=1S/C15H17F2NO4S/c16-15(17)22-12-4-2-1-3-10(12)7-13(19)18-5-6-23-9-11(18)8-14(20)21/h1-4,11,15H,5-9H2,(H,20,21). The van der Waals surface area contributed by atoms with E-state index in [-0.39, 0.29) is 30.5 Å². The molecule has 0 spiro atoms. The predicted molar refractivity (Wildman–Crippen MR) is 81.9 cm³/mol. The predicted octanol–water partition coefficient (Wildman–Crippen LogP) is 2.25. The van der Waals surface area contributed by atoms with Crippen LogP contribution in [0.5, 0.6) is 5.75 Å². The molecule has 1 heterocycles. The normalized spacial score (nSPS) is 18.0. The summed E-state index contributed by atoms with van der Waals surface area (Å²) in [6.45, 7) is -2.50. The van der Waals surface area contributed by atoms with Crippen LogP contribution in [0.1, 0.15) is 12.0 Å². The van der Waals surface area contributed by atoms with E-state index in [1.807, 2.05) is 0 Å². The molecule has 1 aromatic rings. The Kier molecular flexibility index (Phi) is 6.20. The Hall–Kier alpha value is -1.83. The fourth-order valence-corrected chi connectivity index (χ4v) is 3.54. The third kappa shape index (κ3) is 5.09. The molecule has 0 aromatic heterocycles. The van der Waals surface area contributed by atoms with Crippen molar-refractivity contribution in [3.8, 4) is 5.75 Å². The molecule has 5 nitrogen and oxygen atoms in total. The molecule has 1 amide bonds. The van der Waals surface area contributed by atoms with Crippen molar-refractivity contribution in [2.24, 2.45) is 0 Å². The van der Waals surface area contributed by atoms with Gasteiger partial charge in [-0.2, -0.15) is 20.5 Å². The van der Waals surface area contributed by atoms with Crippen molar-refractivity contribution in [2.75, 3.05) is 18.1 Å². The van der Waals surface area contributed by atoms with Gasteiger partial charge in [-0.05, 0) is 6.07 Å². The van der Waals surface area contributed by atoms with Gasteiger partial charge in [0.05, 0.1) is 18.9 Å². The fourth-order valence-electron chi connectivity index (χ4n) is 2.48. The molecule has 0 radical (unpaired) electrons. The van der Waals surface area contributed by atoms with Crippen molar-refractivity contribution < 1.29 is 28.2 Å². The number of halogens is 2. The number of rotatable bonds is 6. The summed E-state index contributed by atoms with van der Waals surface area (Å²) in [5, 5.41) is 8.95. The summed E-state index contributed by atoms with van der Waals surface area (Å²) in [5.74, 6) is 0.0279. The minimum atomic E-state index is -2.96. The lowest BCUT2D eigenvalue weighted by Crippen LogP contribution is -2.47. The lowest BCUT2D eigenvalue weighted by atomic mass is 10.1. The molecule has 0 saturated carbocycles. The minimum absolute atomic E-state index is 0.0305. The Morgan fingerprint density at radius 3 is 2.83 bits per heavy atom. The van der Waals surface area contributed by atoms with Crippen LogP contribution < -0.4 is 4.74 Å². The van der Waals surface area contributed by atoms with Gasteiger partial charge in [0.25, 0.3) is 0 Å². The van der Waals surface area contributed by atoms with Crippen molar-refractivity contribution in [3.63, 3.8) is 0 Å². The van der Waals surface area contributed by atoms with Gasteiger partial charge >= 0.3 is 12.6 Å². The average Bonchev–Trinajstić information content (AvgIpc) is 2.48. The number of carboxylic acid groups (broad SMARTS) is 1. The Bertz CT molecular complexity index is 570. The van der Waals surface area contributed by atoms with Crippen molar-refractivity contribution in [2.45, 2.75) is 25.5 Å². The number of aliphatic carboxylic acids is 1. The molecule has 1 N–H and O–H groups in total. The van der Waals surface area contributed by atoms with Gasteiger partial charge in [0.2, 0.25) is 5.91 Å². The first kappa shape index (κ1) is 17.5. The number of alkyl halides is 2. The van der Waals surface area contributed by atoms with Gasteiger partial charge in [0.15, 0.2) is 0 Å². The third-order valence-electron chi connectivity index (χ3n) is 3.49. The number of nitrogens with zero attached hydrogens (tertiary/aromatic N) is 1. The fraction of sp³-hybridized carbons (Fsp3) is 0.467. The minimum Gasteiger partial charge on any atom is -0.481 e. The van der Waals surface area contributed by atoms with Crippen molar-refractivity contribution in [1.29, 1.82) is 0 Å². The lowest BCUT2D eigenvalue weighted by Gasteiger charge is -2.34. The zero-order valence-corrected chi connectivity index (χ0v) is 13.1. The van der Waals surface area contributed by atoms with E-state index >= 15 is 0 Å². The number of ether oxygens (including phenoxy) is 1. The highest BCUT2D eigenvalue weighted by atomic mass is 32.2. The molecule has 0 bridgehead atoms. The number of amides is 1. The smallest absolute Gasteiger partial charge is 0.387 e. The van der Waals surface area contributed by atoms with Crippen LogP contribution in [0.15, 0.2) is 24.3 Å². The number of carbonyl (C=O) groups excluding carboxylic acids is 1. The molecule has 1 unspecified atom stereocenters. The molecule has 126 valence electrons. The third-order valence-corrected chi connectivity index (χ3v) is 4.58. The van der Waals surface area contributed by atoms with E-state index in [9.17, 15) is 18.4 Å². The summed E-state index contributed by atoms with van der Waals surface area (Å²) >= 11 is 1.60. The van der Waals surface area contributed by atoms with Gasteiger partial charge in [0, 0.05) is 23.6 Å². The molecule has 1 atom stereocenters. The van der Waals surface area contributed by atoms with Crippen LogP contribution in [-0.2, 0) is 16.0 Å². The van der Waals surface area contributed by atoms with Crippen LogP contribution >= 0.6 is 11.8 Å². The molecular formula is C15H17F2NO4S. The van der Waals surface area contributed by atoms with Crippen molar-refractivity contribution >= 4 is 23.6 Å². The van der Waals surface area contributed by atoms with E-state index in [1.54, 1.807) is 30.0 Å². The first-order chi connectivity index (χ1) is 11.0. The summed E-state index contributed by atoms with van der Waals surface area (Å²) < 4.78 is 29.2. The Morgan fingerprint density at radius 1 is 1.39 bits per heavy atom. The van der Waals surface area contributed by atoms with Crippen LogP contribution in [0.4, 0.5) is 8.78 Å². The van der Waals surface area contributed by atoms with E-state index in [2.05, 4.69) is 4.74 Å². The maximum absolute atomic E-state index is 12.5. The van der Waals surface area contributed by atoms with Crippen LogP contribution in [0.2, 0.25) is 0 Å². The van der Waals surface area contributed by atoms with Crippen molar-refractivity contribution in [1.82, 2.24) is 4.90 Å². The summed E-state index contributed by atoms with van der Waals surface area (Å²) in [7, 11) is 0. The van der Waals surface area contributed by atoms with Crippen LogP contribution in [0.3, 0.4) is 0 Å². The second-order valence-corrected chi connectivity index (χ2v) is 6.23. The van der Waals surface area contributed by atoms with Gasteiger partial charge in [-0.15, -0.1) is 0 Å². The molecule has 2 rings (SSSR count). The van der Waals surface area contributed by atoms with Crippen molar-refractivity contribution in [3.05, 3.63) is 29.8 Å². The number of hydrogen-bond acceptors (Lipinski definition) is 4. The largest absolute Gasteiger partial charge is 0.481 e. The number of benzene rings is 1. The van der Waals surface area contributed by atoms with E-state index in [1.165, 1.54) is 11.0 Å². The van der Waals surface area contributed by atoms with Gasteiger partial charge < -0.3 is 14.7 Å². The number of para-hydroxylation sites is 1. The molecule has 0 aliphatic carbocycles. The first-order valence-corrected chi connectivity index (χ1v) is 8.24. The lowest BCUT2D eigenvalue weighted by molar-refractivity contribution is -0.140. The van der Waals surface area contributed by atoms with E-state index in [4.69, 9.17) is 5.11 Å². The van der Waals surface area contributed by atoms with E-state index in [0.29, 0.717) is 17.9 Å². The number of hydrogen-bond donors (Lipinski definition) is 1. The summed E-state index contributed by atoms with van der Waals surface area (Å²) in [6, 6.07) is 5.76. The Labute approximate surface area is 136 Å². The van der Waals surface area contributed by atoms with Crippen LogP contribution in [-0.4, -0.2) is 52.6 Å². The molecule has 1 aromatic carbocycles. The highest BCUT2D eigenvalue weighted by Gasteiger charge is 2.29. The number of thioether (sulfide) groups is 1. The average molecular weight is 345 g/mol. The quantitative estimate of drug-likeness (QED) is 0.857. The molecule has 1 saturated heterocycles. The molecule has 1 fully saturated rings. The van der Waals surface area contributed by atoms with Crippen LogP contribution in [0.25, 0.3) is 0 Å². The maximum atomic E-state index is 12.5. The maximum Gasteiger partial charge on any atom is 0.387 e. The number of carboxylic acids is 1. The molecule has 1 aliphatic rings. The highest BCUT2D eigenvalue weighted by Crippen LogP contribution is 2.24. The van der Waals surface area contributed by atoms with Gasteiger partial charge in [-0.3, -0.25) is 9.59 Å².